The lowest BCUT2D eigenvalue weighted by atomic mass is 10.1. The number of hydrogen-bond acceptors (Lipinski definition) is 6. The molecule has 1 aromatic carbocycles. The molecule has 0 atom stereocenters. The Labute approximate surface area is 182 Å². The molecule has 0 amide bonds. The van der Waals surface area contributed by atoms with Crippen LogP contribution in [0.5, 0.6) is 0 Å². The van der Waals surface area contributed by atoms with Crippen molar-refractivity contribution in [1.29, 1.82) is 0 Å². The van der Waals surface area contributed by atoms with Gasteiger partial charge in [0.25, 0.3) is 5.56 Å². The molecule has 4 aromatic rings. The highest BCUT2D eigenvalue weighted by Crippen LogP contribution is 2.12. The topological polar surface area (TPSA) is 116 Å². The summed E-state index contributed by atoms with van der Waals surface area (Å²) in [5.74, 6) is 0.737. The molecule has 0 bridgehead atoms. The third-order valence-corrected chi connectivity index (χ3v) is 5.43. The third kappa shape index (κ3) is 4.15. The number of hydrogen-bond donors (Lipinski definition) is 1. The van der Waals surface area contributed by atoms with Crippen LogP contribution in [0.25, 0.3) is 11.2 Å². The summed E-state index contributed by atoms with van der Waals surface area (Å²) in [5.41, 5.74) is 2.04. The molecular weight excluding hydrogens is 420 g/mol. The molecule has 0 aliphatic rings. The maximum Gasteiger partial charge on any atom is 0.332 e. The van der Waals surface area contributed by atoms with Gasteiger partial charge in [-0.05, 0) is 52.9 Å². The summed E-state index contributed by atoms with van der Waals surface area (Å²) in [6.45, 7) is 5.17. The van der Waals surface area contributed by atoms with Crippen LogP contribution in [0.2, 0.25) is 5.28 Å². The molecule has 0 fully saturated rings. The van der Waals surface area contributed by atoms with Crippen molar-refractivity contribution in [2.24, 2.45) is 0 Å². The second-order valence-corrected chi connectivity index (χ2v) is 7.75. The molecule has 0 aliphatic carbocycles. The average molecular weight is 443 g/mol. The standard InChI is InChI=1S/C20H23ClN8O2/c1-3-9-27-17-16(22-19(21)23-17)18(30)28(20(27)31)10-6-11-29-15(24-25-26-29)12-14-8-5-4-7-13(14)2/h4-5,7-8H,3,6,9-12H2,1-2H3,(H,22,23). The lowest BCUT2D eigenvalue weighted by Crippen LogP contribution is -2.40. The first-order valence-electron chi connectivity index (χ1n) is 10.2. The highest BCUT2D eigenvalue weighted by Gasteiger charge is 2.17. The zero-order valence-electron chi connectivity index (χ0n) is 17.4. The van der Waals surface area contributed by atoms with Gasteiger partial charge >= 0.3 is 5.69 Å². The molecule has 11 heteroatoms. The minimum absolute atomic E-state index is 0.0867. The molecule has 1 N–H and O–H groups in total. The minimum Gasteiger partial charge on any atom is -0.323 e. The Morgan fingerprint density at radius 3 is 2.68 bits per heavy atom. The van der Waals surface area contributed by atoms with Crippen molar-refractivity contribution in [2.75, 3.05) is 0 Å². The number of fused-ring (bicyclic) bond motifs is 1. The van der Waals surface area contributed by atoms with Gasteiger partial charge in [-0.25, -0.2) is 9.48 Å². The van der Waals surface area contributed by atoms with Crippen molar-refractivity contribution in [3.63, 3.8) is 0 Å². The second kappa shape index (κ2) is 8.84. The van der Waals surface area contributed by atoms with Gasteiger partial charge in [0.2, 0.25) is 5.28 Å². The van der Waals surface area contributed by atoms with Gasteiger partial charge in [0.15, 0.2) is 17.0 Å². The van der Waals surface area contributed by atoms with Crippen LogP contribution in [0, 0.1) is 6.92 Å². The molecule has 0 aliphatic heterocycles. The highest BCUT2D eigenvalue weighted by molar-refractivity contribution is 6.28. The lowest BCUT2D eigenvalue weighted by molar-refractivity contribution is 0.477. The van der Waals surface area contributed by atoms with E-state index in [1.54, 1.807) is 4.68 Å². The summed E-state index contributed by atoms with van der Waals surface area (Å²) in [7, 11) is 0. The van der Waals surface area contributed by atoms with E-state index in [0.29, 0.717) is 31.6 Å². The fourth-order valence-electron chi connectivity index (χ4n) is 3.64. The zero-order chi connectivity index (χ0) is 22.0. The minimum atomic E-state index is -0.427. The molecule has 162 valence electrons. The summed E-state index contributed by atoms with van der Waals surface area (Å²) in [4.78, 5) is 32.6. The normalized spacial score (nSPS) is 11.5. The Morgan fingerprint density at radius 2 is 1.90 bits per heavy atom. The summed E-state index contributed by atoms with van der Waals surface area (Å²) in [5, 5.41) is 12.1. The molecule has 3 heterocycles. The summed E-state index contributed by atoms with van der Waals surface area (Å²) < 4.78 is 4.42. The third-order valence-electron chi connectivity index (χ3n) is 5.25. The van der Waals surface area contributed by atoms with E-state index in [1.807, 2.05) is 19.1 Å². The molecule has 4 rings (SSSR count). The Hall–Kier alpha value is -3.27. The van der Waals surface area contributed by atoms with E-state index in [1.165, 1.54) is 14.7 Å². The quantitative estimate of drug-likeness (QED) is 0.417. The van der Waals surface area contributed by atoms with Crippen LogP contribution < -0.4 is 11.2 Å². The molecule has 0 saturated heterocycles. The van der Waals surface area contributed by atoms with Crippen LogP contribution >= 0.6 is 11.6 Å². The van der Waals surface area contributed by atoms with Crippen molar-refractivity contribution in [1.82, 2.24) is 39.3 Å². The van der Waals surface area contributed by atoms with Crippen molar-refractivity contribution >= 4 is 22.8 Å². The maximum absolute atomic E-state index is 12.9. The van der Waals surface area contributed by atoms with Gasteiger partial charge in [0.05, 0.1) is 0 Å². The molecular formula is C20H23ClN8O2. The SMILES string of the molecule is CCCn1c(=O)n(CCCn2nnnc2Cc2ccccc2C)c(=O)c2[nH]c(Cl)nc21. The van der Waals surface area contributed by atoms with Crippen molar-refractivity contribution in [3.05, 3.63) is 67.3 Å². The smallest absolute Gasteiger partial charge is 0.323 e. The Kier molecular flexibility index (Phi) is 5.99. The van der Waals surface area contributed by atoms with E-state index in [4.69, 9.17) is 11.6 Å². The predicted octanol–water partition coefficient (Wildman–Crippen LogP) is 1.93. The van der Waals surface area contributed by atoms with Gasteiger partial charge in [-0.3, -0.25) is 13.9 Å². The van der Waals surface area contributed by atoms with Crippen molar-refractivity contribution in [3.8, 4) is 0 Å². The van der Waals surface area contributed by atoms with Gasteiger partial charge in [0.1, 0.15) is 0 Å². The highest BCUT2D eigenvalue weighted by atomic mass is 35.5. The summed E-state index contributed by atoms with van der Waals surface area (Å²) in [6, 6.07) is 8.08. The number of H-pyrrole nitrogens is 1. The number of rotatable bonds is 8. The number of imidazole rings is 1. The molecule has 0 unspecified atom stereocenters. The van der Waals surface area contributed by atoms with Crippen LogP contribution in [0.3, 0.4) is 0 Å². The van der Waals surface area contributed by atoms with Crippen molar-refractivity contribution < 1.29 is 0 Å². The van der Waals surface area contributed by atoms with Gasteiger partial charge in [0, 0.05) is 26.1 Å². The van der Waals surface area contributed by atoms with Crippen LogP contribution in [-0.4, -0.2) is 39.3 Å². The molecule has 0 saturated carbocycles. The van der Waals surface area contributed by atoms with E-state index in [2.05, 4.69) is 44.5 Å². The number of aromatic amines is 1. The number of nitrogens with one attached hydrogen (secondary N) is 1. The first kappa shape index (κ1) is 21.0. The van der Waals surface area contributed by atoms with E-state index in [0.717, 1.165) is 17.8 Å². The summed E-state index contributed by atoms with van der Waals surface area (Å²) in [6.07, 6.45) is 1.85. The van der Waals surface area contributed by atoms with E-state index < -0.39 is 5.56 Å². The first-order chi connectivity index (χ1) is 15.0. The van der Waals surface area contributed by atoms with Crippen LogP contribution in [0.15, 0.2) is 33.9 Å². The Balaban J connectivity index is 1.55. The van der Waals surface area contributed by atoms with Gasteiger partial charge < -0.3 is 4.98 Å². The van der Waals surface area contributed by atoms with Crippen LogP contribution in [-0.2, 0) is 26.1 Å². The fourth-order valence-corrected chi connectivity index (χ4v) is 3.82. The Bertz CT molecular complexity index is 1330. The second-order valence-electron chi connectivity index (χ2n) is 7.39. The van der Waals surface area contributed by atoms with Gasteiger partial charge in [-0.15, -0.1) is 5.10 Å². The van der Waals surface area contributed by atoms with E-state index in [-0.39, 0.29) is 23.0 Å². The van der Waals surface area contributed by atoms with Crippen molar-refractivity contribution in [2.45, 2.75) is 52.7 Å². The molecule has 0 spiro atoms. The number of tetrazole rings is 1. The molecule has 10 nitrogen and oxygen atoms in total. The van der Waals surface area contributed by atoms with Crippen LogP contribution in [0.1, 0.15) is 36.7 Å². The lowest BCUT2D eigenvalue weighted by Gasteiger charge is -2.11. The van der Waals surface area contributed by atoms with Gasteiger partial charge in [-0.2, -0.15) is 4.98 Å². The Morgan fingerprint density at radius 1 is 1.10 bits per heavy atom. The zero-order valence-corrected chi connectivity index (χ0v) is 18.1. The van der Waals surface area contributed by atoms with E-state index >= 15 is 0 Å². The average Bonchev–Trinajstić information content (AvgIpc) is 3.36. The first-order valence-corrected chi connectivity index (χ1v) is 10.6. The summed E-state index contributed by atoms with van der Waals surface area (Å²) >= 11 is 5.94. The predicted molar refractivity (Wildman–Crippen MR) is 116 cm³/mol. The monoisotopic (exact) mass is 442 g/mol. The molecule has 31 heavy (non-hydrogen) atoms. The van der Waals surface area contributed by atoms with E-state index in [9.17, 15) is 9.59 Å². The molecule has 0 radical (unpaired) electrons. The number of aromatic nitrogens is 8. The maximum atomic E-state index is 12.9. The largest absolute Gasteiger partial charge is 0.332 e. The number of halogens is 1. The molecule has 3 aromatic heterocycles. The fraction of sp³-hybridized carbons (Fsp3) is 0.400. The number of benzene rings is 1. The van der Waals surface area contributed by atoms with Crippen LogP contribution in [0.4, 0.5) is 0 Å². The number of nitrogens with zero attached hydrogens (tertiary/aromatic N) is 7. The van der Waals surface area contributed by atoms with Gasteiger partial charge in [-0.1, -0.05) is 31.2 Å². The number of aryl methyl sites for hydroxylation is 3.